The molecule has 11 nitrogen and oxygen atoms in total. The number of aliphatic carboxylic acids is 1. The maximum Gasteiger partial charge on any atom is 0.410 e. The van der Waals surface area contributed by atoms with E-state index in [-0.39, 0.29) is 38.5 Å². The number of rotatable bonds is 12. The molecule has 2 amide bonds. The van der Waals surface area contributed by atoms with E-state index in [1.54, 1.807) is 24.5 Å². The van der Waals surface area contributed by atoms with Crippen molar-refractivity contribution in [2.45, 2.75) is 65.0 Å². The van der Waals surface area contributed by atoms with Crippen molar-refractivity contribution in [2.24, 2.45) is 5.92 Å². The van der Waals surface area contributed by atoms with Gasteiger partial charge in [0, 0.05) is 25.2 Å². The monoisotopic (exact) mass is 823 g/mol. The number of nitrogens with one attached hydrogen (secondary N) is 1. The van der Waals surface area contributed by atoms with E-state index in [9.17, 15) is 19.5 Å². The van der Waals surface area contributed by atoms with E-state index in [4.69, 9.17) is 42.1 Å². The number of hydrogen-bond donors (Lipinski definition) is 2. The van der Waals surface area contributed by atoms with Crippen molar-refractivity contribution >= 4 is 41.2 Å². The first-order chi connectivity index (χ1) is 27.9. The average molecular weight is 825 g/mol. The van der Waals surface area contributed by atoms with Gasteiger partial charge in [-0.05, 0) is 99.8 Å². The summed E-state index contributed by atoms with van der Waals surface area (Å²) < 4.78 is 24.2. The highest BCUT2D eigenvalue weighted by Crippen LogP contribution is 2.41. The van der Waals surface area contributed by atoms with Crippen molar-refractivity contribution in [2.75, 3.05) is 13.2 Å². The van der Waals surface area contributed by atoms with Gasteiger partial charge in [0.15, 0.2) is 17.6 Å². The van der Waals surface area contributed by atoms with Crippen LogP contribution in [0, 0.1) is 12.8 Å². The van der Waals surface area contributed by atoms with Crippen LogP contribution in [0.2, 0.25) is 10.0 Å². The van der Waals surface area contributed by atoms with Gasteiger partial charge in [-0.15, -0.1) is 0 Å². The molecule has 1 aromatic heterocycles. The molecule has 0 fully saturated rings. The number of aromatic nitrogens is 1. The molecule has 13 heteroatoms. The van der Waals surface area contributed by atoms with Crippen molar-refractivity contribution in [3.05, 3.63) is 141 Å². The maximum absolute atomic E-state index is 14.0. The number of carboxylic acids is 1. The highest BCUT2D eigenvalue weighted by Gasteiger charge is 2.39. The Morgan fingerprint density at radius 1 is 0.931 bits per heavy atom. The summed E-state index contributed by atoms with van der Waals surface area (Å²) in [6.45, 7) is 6.59. The van der Waals surface area contributed by atoms with E-state index in [1.807, 2.05) is 93.6 Å². The minimum absolute atomic E-state index is 0.0458. The number of nitrogens with zero attached hydrogens (tertiary/aromatic N) is 2. The Hall–Kier alpha value is -5.78. The van der Waals surface area contributed by atoms with E-state index < -0.39 is 36.2 Å². The molecule has 3 heterocycles. The lowest BCUT2D eigenvalue weighted by Crippen LogP contribution is -2.56. The molecule has 4 aromatic carbocycles. The molecule has 7 rings (SSSR count). The Labute approximate surface area is 346 Å². The van der Waals surface area contributed by atoms with Gasteiger partial charge in [-0.2, -0.15) is 0 Å². The summed E-state index contributed by atoms with van der Waals surface area (Å²) >= 11 is 12.2. The minimum Gasteiger partial charge on any atom is -0.489 e. The highest BCUT2D eigenvalue weighted by atomic mass is 35.5. The van der Waals surface area contributed by atoms with Crippen LogP contribution in [0.4, 0.5) is 4.79 Å². The van der Waals surface area contributed by atoms with E-state index in [1.165, 1.54) is 4.90 Å². The van der Waals surface area contributed by atoms with Gasteiger partial charge in [-0.1, -0.05) is 79.5 Å². The van der Waals surface area contributed by atoms with Gasteiger partial charge in [0.1, 0.15) is 31.0 Å². The summed E-state index contributed by atoms with van der Waals surface area (Å²) in [5.41, 5.74) is 7.07. The molecule has 2 N–H and O–H groups in total. The van der Waals surface area contributed by atoms with E-state index in [0.717, 1.165) is 44.5 Å². The SMILES string of the molecule is Cc1cnccc1-c1ccc(C[C@H](NC(=O)[C@@H]2Cc3cc4c(cc3CN2C(=O)OCC(C)C)O[C@@H](c2ccc(OCc3ccc(Cl)c(Cl)c3)cc2)CO4)C(=O)O)cc1. The number of carboxylic acid groups (broad SMARTS) is 1. The van der Waals surface area contributed by atoms with Crippen LogP contribution in [-0.2, 0) is 40.3 Å². The zero-order chi connectivity index (χ0) is 40.9. The number of hydrogen-bond acceptors (Lipinski definition) is 8. The third kappa shape index (κ3) is 9.49. The summed E-state index contributed by atoms with van der Waals surface area (Å²) in [5.74, 6) is -0.0273. The Kier molecular flexibility index (Phi) is 12.4. The second-order valence-corrected chi connectivity index (χ2v) is 15.7. The number of amides is 2. The smallest absolute Gasteiger partial charge is 0.410 e. The number of benzene rings is 4. The van der Waals surface area contributed by atoms with E-state index >= 15 is 0 Å². The molecule has 0 spiro atoms. The molecule has 0 aliphatic carbocycles. The molecular formula is C45H43Cl2N3O8. The Morgan fingerprint density at radius 3 is 2.38 bits per heavy atom. The van der Waals surface area contributed by atoms with Gasteiger partial charge in [-0.3, -0.25) is 14.7 Å². The number of aryl methyl sites for hydroxylation is 1. The third-order valence-corrected chi connectivity index (χ3v) is 10.9. The standard InChI is InChI=1S/C45H43Cl2N3O8/c1-26(2)23-57-45(54)50-22-33-20-41-40(56-25-42(58-41)31-9-11-34(12-10-31)55-24-29-6-13-36(46)37(47)16-29)19-32(33)18-39(50)43(51)49-38(44(52)53)17-28-4-7-30(8-5-28)35-14-15-48-21-27(35)3/h4-16,19-21,26,38-39,42H,17-18,22-25H2,1-3H3,(H,49,51)(H,52,53)/t38-,39-,42+/m0/s1. The summed E-state index contributed by atoms with van der Waals surface area (Å²) in [4.78, 5) is 45.5. The second-order valence-electron chi connectivity index (χ2n) is 14.9. The first-order valence-corrected chi connectivity index (χ1v) is 19.8. The van der Waals surface area contributed by atoms with Crippen LogP contribution < -0.4 is 19.5 Å². The fraction of sp³-hybridized carbons (Fsp3) is 0.289. The van der Waals surface area contributed by atoms with Gasteiger partial charge in [0.25, 0.3) is 0 Å². The zero-order valence-corrected chi connectivity index (χ0v) is 33.8. The van der Waals surface area contributed by atoms with Gasteiger partial charge >= 0.3 is 12.1 Å². The van der Waals surface area contributed by atoms with Gasteiger partial charge in [-0.25, -0.2) is 9.59 Å². The first-order valence-electron chi connectivity index (χ1n) is 19.0. The molecule has 0 radical (unpaired) electrons. The summed E-state index contributed by atoms with van der Waals surface area (Å²) in [6.07, 6.45) is 2.61. The third-order valence-electron chi connectivity index (χ3n) is 10.1. The molecule has 0 bridgehead atoms. The van der Waals surface area contributed by atoms with Crippen LogP contribution in [-0.4, -0.2) is 58.3 Å². The topological polar surface area (TPSA) is 137 Å². The second kappa shape index (κ2) is 17.8. The zero-order valence-electron chi connectivity index (χ0n) is 32.2. The van der Waals surface area contributed by atoms with E-state index in [2.05, 4.69) is 10.3 Å². The summed E-state index contributed by atoms with van der Waals surface area (Å²) in [5, 5.41) is 13.9. The summed E-state index contributed by atoms with van der Waals surface area (Å²) in [6, 6.07) is 23.8. The maximum atomic E-state index is 14.0. The highest BCUT2D eigenvalue weighted by molar-refractivity contribution is 6.42. The number of carbonyl (C=O) groups is 3. The molecule has 0 unspecified atom stereocenters. The van der Waals surface area contributed by atoms with Crippen molar-refractivity contribution in [3.63, 3.8) is 0 Å². The van der Waals surface area contributed by atoms with Crippen LogP contribution in [0.3, 0.4) is 0 Å². The molecule has 0 saturated heterocycles. The lowest BCUT2D eigenvalue weighted by molar-refractivity contribution is -0.142. The number of fused-ring (bicyclic) bond motifs is 2. The largest absolute Gasteiger partial charge is 0.489 e. The van der Waals surface area contributed by atoms with Crippen LogP contribution in [0.15, 0.2) is 97.3 Å². The predicted octanol–water partition coefficient (Wildman–Crippen LogP) is 8.79. The minimum atomic E-state index is -1.24. The Balaban J connectivity index is 1.04. The molecule has 58 heavy (non-hydrogen) atoms. The average Bonchev–Trinajstić information content (AvgIpc) is 3.22. The molecule has 2 aliphatic heterocycles. The molecule has 2 aliphatic rings. The van der Waals surface area contributed by atoms with Gasteiger partial charge in [0.05, 0.1) is 23.2 Å². The van der Waals surface area contributed by atoms with Crippen molar-refractivity contribution in [1.29, 1.82) is 0 Å². The number of carbonyl (C=O) groups excluding carboxylic acids is 2. The van der Waals surface area contributed by atoms with Crippen LogP contribution in [0.5, 0.6) is 17.2 Å². The van der Waals surface area contributed by atoms with Crippen molar-refractivity contribution in [1.82, 2.24) is 15.2 Å². The molecule has 3 atom stereocenters. The molecule has 0 saturated carbocycles. The Morgan fingerprint density at radius 2 is 1.67 bits per heavy atom. The lowest BCUT2D eigenvalue weighted by Gasteiger charge is -2.37. The van der Waals surface area contributed by atoms with Crippen LogP contribution >= 0.6 is 23.2 Å². The predicted molar refractivity (Wildman–Crippen MR) is 219 cm³/mol. The van der Waals surface area contributed by atoms with Crippen molar-refractivity contribution in [3.8, 4) is 28.4 Å². The molecular weight excluding hydrogens is 781 g/mol. The van der Waals surface area contributed by atoms with E-state index in [0.29, 0.717) is 33.9 Å². The quantitative estimate of drug-likeness (QED) is 0.127. The van der Waals surface area contributed by atoms with Crippen LogP contribution in [0.25, 0.3) is 11.1 Å². The number of ether oxygens (including phenoxy) is 4. The molecule has 5 aromatic rings. The summed E-state index contributed by atoms with van der Waals surface area (Å²) in [7, 11) is 0. The number of halogens is 2. The number of pyridine rings is 1. The fourth-order valence-corrected chi connectivity index (χ4v) is 7.28. The lowest BCUT2D eigenvalue weighted by atomic mass is 9.92. The van der Waals surface area contributed by atoms with Crippen molar-refractivity contribution < 1.29 is 38.4 Å². The van der Waals surface area contributed by atoms with Gasteiger partial charge < -0.3 is 29.4 Å². The first kappa shape index (κ1) is 40.4. The van der Waals surface area contributed by atoms with Crippen LogP contribution in [0.1, 0.15) is 53.3 Å². The normalized spacial score (nSPS) is 16.3. The fourth-order valence-electron chi connectivity index (χ4n) is 6.96. The molecule has 300 valence electrons. The Bertz CT molecular complexity index is 2300. The van der Waals surface area contributed by atoms with Gasteiger partial charge in [0.2, 0.25) is 5.91 Å².